The highest BCUT2D eigenvalue weighted by molar-refractivity contribution is 5.71. The Balaban J connectivity index is 2.15. The summed E-state index contributed by atoms with van der Waals surface area (Å²) < 4.78 is 10.1. The number of ether oxygens (including phenoxy) is 2. The molecular weight excluding hydrogens is 180 g/mol. The van der Waals surface area contributed by atoms with Crippen molar-refractivity contribution >= 4 is 5.97 Å². The molecule has 0 amide bonds. The molecule has 0 aromatic heterocycles. The van der Waals surface area contributed by atoms with Gasteiger partial charge in [-0.1, -0.05) is 12.2 Å². The molecule has 80 valence electrons. The molecule has 0 bridgehead atoms. The molecule has 0 N–H and O–H groups in total. The van der Waals surface area contributed by atoms with E-state index in [4.69, 9.17) is 9.47 Å². The molecular formula is C11H18O3. The molecule has 1 saturated heterocycles. The number of carbonyl (C=O) groups excluding carboxylic acids is 1. The average molecular weight is 198 g/mol. The predicted molar refractivity (Wildman–Crippen MR) is 53.9 cm³/mol. The van der Waals surface area contributed by atoms with Gasteiger partial charge in [0, 0.05) is 12.5 Å². The summed E-state index contributed by atoms with van der Waals surface area (Å²) in [5, 5.41) is 0. The highest BCUT2D eigenvalue weighted by Gasteiger charge is 2.10. The molecule has 0 spiro atoms. The minimum Gasteiger partial charge on any atom is -0.466 e. The van der Waals surface area contributed by atoms with Crippen molar-refractivity contribution in [1.29, 1.82) is 0 Å². The molecule has 14 heavy (non-hydrogen) atoms. The lowest BCUT2D eigenvalue weighted by Crippen LogP contribution is -2.15. The van der Waals surface area contributed by atoms with Crippen LogP contribution in [0.3, 0.4) is 0 Å². The molecule has 1 unspecified atom stereocenters. The molecule has 1 atom stereocenters. The van der Waals surface area contributed by atoms with E-state index in [1.165, 1.54) is 6.42 Å². The van der Waals surface area contributed by atoms with Gasteiger partial charge in [0.2, 0.25) is 0 Å². The molecule has 3 nitrogen and oxygen atoms in total. The topological polar surface area (TPSA) is 35.5 Å². The van der Waals surface area contributed by atoms with Crippen LogP contribution in [0.1, 0.15) is 26.2 Å². The number of esters is 1. The van der Waals surface area contributed by atoms with Crippen molar-refractivity contribution in [3.8, 4) is 0 Å². The second-order valence-corrected chi connectivity index (χ2v) is 3.41. The van der Waals surface area contributed by atoms with Crippen LogP contribution < -0.4 is 0 Å². The summed E-state index contributed by atoms with van der Waals surface area (Å²) in [5.41, 5.74) is 0. The summed E-state index contributed by atoms with van der Waals surface area (Å²) in [6.07, 6.45) is 6.62. The molecule has 0 aromatic carbocycles. The Morgan fingerprint density at radius 1 is 1.64 bits per heavy atom. The van der Waals surface area contributed by atoms with Gasteiger partial charge in [-0.3, -0.25) is 4.79 Å². The lowest BCUT2D eigenvalue weighted by atomic mass is 10.0. The zero-order chi connectivity index (χ0) is 10.2. The third kappa shape index (κ3) is 4.42. The van der Waals surface area contributed by atoms with Crippen LogP contribution in [0.4, 0.5) is 0 Å². The first kappa shape index (κ1) is 11.2. The zero-order valence-electron chi connectivity index (χ0n) is 8.70. The first-order chi connectivity index (χ1) is 6.83. The van der Waals surface area contributed by atoms with Gasteiger partial charge < -0.3 is 9.47 Å². The van der Waals surface area contributed by atoms with Crippen LogP contribution in [0, 0.1) is 5.92 Å². The minimum atomic E-state index is -0.152. The number of rotatable bonds is 4. The van der Waals surface area contributed by atoms with Gasteiger partial charge in [-0.15, -0.1) is 0 Å². The molecule has 0 aromatic rings. The molecule has 0 saturated carbocycles. The zero-order valence-corrected chi connectivity index (χ0v) is 8.70. The van der Waals surface area contributed by atoms with E-state index in [0.717, 1.165) is 19.6 Å². The lowest BCUT2D eigenvalue weighted by Gasteiger charge is -2.18. The Morgan fingerprint density at radius 2 is 2.50 bits per heavy atom. The van der Waals surface area contributed by atoms with E-state index < -0.39 is 0 Å². The molecule has 0 radical (unpaired) electrons. The van der Waals surface area contributed by atoms with Crippen molar-refractivity contribution in [2.75, 3.05) is 19.8 Å². The van der Waals surface area contributed by atoms with E-state index >= 15 is 0 Å². The second kappa shape index (κ2) is 6.60. The maximum atomic E-state index is 11.0. The van der Waals surface area contributed by atoms with E-state index in [-0.39, 0.29) is 5.97 Å². The highest BCUT2D eigenvalue weighted by atomic mass is 16.5. The number of hydrogen-bond donors (Lipinski definition) is 0. The van der Waals surface area contributed by atoms with E-state index in [1.807, 2.05) is 13.0 Å². The lowest BCUT2D eigenvalue weighted by molar-refractivity contribution is -0.142. The van der Waals surface area contributed by atoms with E-state index in [1.54, 1.807) is 0 Å². The molecule has 1 rings (SSSR count). The molecule has 1 aliphatic rings. The highest BCUT2D eigenvalue weighted by Crippen LogP contribution is 2.14. The maximum Gasteiger partial charge on any atom is 0.309 e. The predicted octanol–water partition coefficient (Wildman–Crippen LogP) is 1.92. The monoisotopic (exact) mass is 198 g/mol. The molecule has 1 fully saturated rings. The van der Waals surface area contributed by atoms with Gasteiger partial charge in [-0.05, 0) is 19.8 Å². The fourth-order valence-electron chi connectivity index (χ4n) is 1.49. The van der Waals surface area contributed by atoms with Gasteiger partial charge in [0.1, 0.15) is 0 Å². The Hall–Kier alpha value is -0.830. The van der Waals surface area contributed by atoms with Crippen LogP contribution in [-0.2, 0) is 14.3 Å². The van der Waals surface area contributed by atoms with Crippen molar-refractivity contribution in [2.24, 2.45) is 5.92 Å². The third-order valence-electron chi connectivity index (χ3n) is 2.19. The summed E-state index contributed by atoms with van der Waals surface area (Å²) in [6.45, 7) is 3.94. The minimum absolute atomic E-state index is 0.152. The average Bonchev–Trinajstić information content (AvgIpc) is 2.20. The Bertz CT molecular complexity index is 193. The van der Waals surface area contributed by atoms with Crippen molar-refractivity contribution < 1.29 is 14.3 Å². The smallest absolute Gasteiger partial charge is 0.309 e. The Kier molecular flexibility index (Phi) is 5.30. The van der Waals surface area contributed by atoms with E-state index in [2.05, 4.69) is 6.08 Å². The second-order valence-electron chi connectivity index (χ2n) is 3.41. The van der Waals surface area contributed by atoms with Crippen LogP contribution in [0.15, 0.2) is 12.2 Å². The third-order valence-corrected chi connectivity index (χ3v) is 2.19. The van der Waals surface area contributed by atoms with Crippen molar-refractivity contribution in [3.05, 3.63) is 12.2 Å². The van der Waals surface area contributed by atoms with Crippen LogP contribution >= 0.6 is 0 Å². The summed E-state index contributed by atoms with van der Waals surface area (Å²) in [6, 6.07) is 0. The Morgan fingerprint density at radius 3 is 3.14 bits per heavy atom. The van der Waals surface area contributed by atoms with Gasteiger partial charge in [-0.25, -0.2) is 0 Å². The van der Waals surface area contributed by atoms with Gasteiger partial charge >= 0.3 is 5.97 Å². The normalized spacial score (nSPS) is 22.5. The molecule has 3 heteroatoms. The fourth-order valence-corrected chi connectivity index (χ4v) is 1.49. The molecule has 1 aliphatic heterocycles. The fraction of sp³-hybridized carbons (Fsp3) is 0.727. The van der Waals surface area contributed by atoms with Crippen LogP contribution in [0.2, 0.25) is 0 Å². The van der Waals surface area contributed by atoms with Crippen LogP contribution in [0.5, 0.6) is 0 Å². The largest absolute Gasteiger partial charge is 0.466 e. The van der Waals surface area contributed by atoms with Crippen LogP contribution in [0.25, 0.3) is 0 Å². The van der Waals surface area contributed by atoms with Crippen molar-refractivity contribution in [2.45, 2.75) is 26.2 Å². The summed E-state index contributed by atoms with van der Waals surface area (Å²) in [4.78, 5) is 11.0. The van der Waals surface area contributed by atoms with Crippen LogP contribution in [-0.4, -0.2) is 25.8 Å². The molecule has 1 heterocycles. The standard InChI is InChI=1S/C11H18O3/c1-2-14-11(12)7-3-5-10-6-4-8-13-9-10/h3,5,10H,2,4,6-9H2,1H3. The van der Waals surface area contributed by atoms with Crippen molar-refractivity contribution in [3.63, 3.8) is 0 Å². The first-order valence-corrected chi connectivity index (χ1v) is 5.23. The molecule has 0 aliphatic carbocycles. The number of carbonyl (C=O) groups is 1. The van der Waals surface area contributed by atoms with E-state index in [0.29, 0.717) is 18.9 Å². The van der Waals surface area contributed by atoms with Crippen molar-refractivity contribution in [1.82, 2.24) is 0 Å². The van der Waals surface area contributed by atoms with Gasteiger partial charge in [0.25, 0.3) is 0 Å². The summed E-state index contributed by atoms with van der Waals surface area (Å²) >= 11 is 0. The van der Waals surface area contributed by atoms with E-state index in [9.17, 15) is 4.79 Å². The maximum absolute atomic E-state index is 11.0. The number of hydrogen-bond acceptors (Lipinski definition) is 3. The summed E-state index contributed by atoms with van der Waals surface area (Å²) in [7, 11) is 0. The van der Waals surface area contributed by atoms with Gasteiger partial charge in [0.15, 0.2) is 0 Å². The first-order valence-electron chi connectivity index (χ1n) is 5.23. The Labute approximate surface area is 85.1 Å². The quantitative estimate of drug-likeness (QED) is 0.511. The SMILES string of the molecule is CCOC(=O)CC=CC1CCCOC1. The van der Waals surface area contributed by atoms with Gasteiger partial charge in [0.05, 0.1) is 19.6 Å². The summed E-state index contributed by atoms with van der Waals surface area (Å²) in [5.74, 6) is 0.332. The van der Waals surface area contributed by atoms with Gasteiger partial charge in [-0.2, -0.15) is 0 Å².